The average Bonchev–Trinajstić information content (AvgIpc) is 2.65. The maximum absolute atomic E-state index is 5.88. The number of hydrogen-bond donors (Lipinski definition) is 0. The SMILES string of the molecule is COc1ccc(Cl)cc1-c1nnc(I)o1. The van der Waals surface area contributed by atoms with E-state index in [1.165, 1.54) is 0 Å². The minimum absolute atomic E-state index is 0.402. The van der Waals surface area contributed by atoms with Crippen molar-refractivity contribution in [3.05, 3.63) is 27.1 Å². The molecular weight excluding hydrogens is 330 g/mol. The molecule has 0 aliphatic heterocycles. The Balaban J connectivity index is 2.55. The largest absolute Gasteiger partial charge is 0.496 e. The number of benzene rings is 1. The second kappa shape index (κ2) is 4.36. The quantitative estimate of drug-likeness (QED) is 0.791. The van der Waals surface area contributed by atoms with E-state index in [0.717, 1.165) is 0 Å². The van der Waals surface area contributed by atoms with Crippen LogP contribution in [0, 0.1) is 3.90 Å². The normalized spacial score (nSPS) is 10.3. The molecule has 0 atom stereocenters. The van der Waals surface area contributed by atoms with Crippen LogP contribution in [0.25, 0.3) is 11.5 Å². The summed E-state index contributed by atoms with van der Waals surface area (Å²) in [5.74, 6) is 1.05. The lowest BCUT2D eigenvalue weighted by Crippen LogP contribution is -1.87. The predicted octanol–water partition coefficient (Wildman–Crippen LogP) is 3.00. The first-order valence-corrected chi connectivity index (χ1v) is 5.49. The summed E-state index contributed by atoms with van der Waals surface area (Å²) in [4.78, 5) is 0. The minimum Gasteiger partial charge on any atom is -0.496 e. The lowest BCUT2D eigenvalue weighted by molar-refractivity contribution is 0.414. The molecule has 6 heteroatoms. The maximum atomic E-state index is 5.88. The standard InChI is InChI=1S/C9H6ClIN2O2/c1-14-7-3-2-5(10)4-6(7)8-12-13-9(11)15-8/h2-4H,1H3. The van der Waals surface area contributed by atoms with Gasteiger partial charge in [-0.2, -0.15) is 0 Å². The van der Waals surface area contributed by atoms with Gasteiger partial charge < -0.3 is 9.15 Å². The highest BCUT2D eigenvalue weighted by Gasteiger charge is 2.12. The lowest BCUT2D eigenvalue weighted by Gasteiger charge is -2.04. The summed E-state index contributed by atoms with van der Waals surface area (Å²) in [6.07, 6.45) is 0. The van der Waals surface area contributed by atoms with Gasteiger partial charge in [0.25, 0.3) is 9.79 Å². The van der Waals surface area contributed by atoms with Gasteiger partial charge in [-0.1, -0.05) is 11.6 Å². The van der Waals surface area contributed by atoms with E-state index in [4.69, 9.17) is 20.8 Å². The van der Waals surface area contributed by atoms with Crippen molar-refractivity contribution in [1.29, 1.82) is 0 Å². The molecule has 2 rings (SSSR count). The van der Waals surface area contributed by atoms with Crippen LogP contribution >= 0.6 is 34.2 Å². The van der Waals surface area contributed by atoms with E-state index in [1.807, 2.05) is 22.6 Å². The molecule has 0 fully saturated rings. The Labute approximate surface area is 105 Å². The van der Waals surface area contributed by atoms with E-state index in [-0.39, 0.29) is 0 Å². The molecule has 0 bridgehead atoms. The molecule has 2 aromatic rings. The Bertz CT molecular complexity index is 487. The molecule has 0 spiro atoms. The minimum atomic E-state index is 0.402. The number of ether oxygens (including phenoxy) is 1. The monoisotopic (exact) mass is 336 g/mol. The highest BCUT2D eigenvalue weighted by atomic mass is 127. The zero-order valence-electron chi connectivity index (χ0n) is 7.70. The van der Waals surface area contributed by atoms with Crippen molar-refractivity contribution in [2.75, 3.05) is 7.11 Å². The van der Waals surface area contributed by atoms with Gasteiger partial charge in [0.05, 0.1) is 12.7 Å². The Kier molecular flexibility index (Phi) is 3.11. The third-order valence-electron chi connectivity index (χ3n) is 1.79. The van der Waals surface area contributed by atoms with Crippen LogP contribution in [0.1, 0.15) is 0 Å². The van der Waals surface area contributed by atoms with Crippen molar-refractivity contribution in [3.8, 4) is 17.2 Å². The maximum Gasteiger partial charge on any atom is 0.278 e. The van der Waals surface area contributed by atoms with Crippen molar-refractivity contribution in [2.45, 2.75) is 0 Å². The molecule has 1 heterocycles. The molecule has 0 saturated carbocycles. The van der Waals surface area contributed by atoms with Crippen molar-refractivity contribution < 1.29 is 9.15 Å². The van der Waals surface area contributed by atoms with Gasteiger partial charge in [-0.15, -0.1) is 10.2 Å². The summed E-state index contributed by atoms with van der Waals surface area (Å²) in [5, 5.41) is 8.24. The number of nitrogens with zero attached hydrogens (tertiary/aromatic N) is 2. The molecule has 78 valence electrons. The summed E-state index contributed by atoms with van der Waals surface area (Å²) < 4.78 is 10.9. The van der Waals surface area contributed by atoms with Crippen molar-refractivity contribution in [3.63, 3.8) is 0 Å². The van der Waals surface area contributed by atoms with Crippen LogP contribution in [0.5, 0.6) is 5.75 Å². The van der Waals surface area contributed by atoms with Gasteiger partial charge in [0.2, 0.25) is 0 Å². The summed E-state index contributed by atoms with van der Waals surface area (Å²) in [7, 11) is 1.58. The molecule has 0 N–H and O–H groups in total. The third-order valence-corrected chi connectivity index (χ3v) is 2.46. The fourth-order valence-electron chi connectivity index (χ4n) is 1.16. The zero-order chi connectivity index (χ0) is 10.8. The summed E-state index contributed by atoms with van der Waals surface area (Å²) in [6.45, 7) is 0. The Morgan fingerprint density at radius 2 is 2.20 bits per heavy atom. The molecular formula is C9H6ClIN2O2. The fourth-order valence-corrected chi connectivity index (χ4v) is 1.65. The van der Waals surface area contributed by atoms with Gasteiger partial charge in [-0.05, 0) is 18.2 Å². The molecule has 0 radical (unpaired) electrons. The number of methoxy groups -OCH3 is 1. The van der Waals surface area contributed by atoms with Crippen LogP contribution in [0.15, 0.2) is 22.6 Å². The first kappa shape index (κ1) is 10.7. The van der Waals surface area contributed by atoms with Crippen LogP contribution in [0.2, 0.25) is 5.02 Å². The molecule has 0 unspecified atom stereocenters. The molecule has 0 amide bonds. The molecule has 0 aliphatic rings. The van der Waals surface area contributed by atoms with Crippen molar-refractivity contribution in [1.82, 2.24) is 10.2 Å². The van der Waals surface area contributed by atoms with Gasteiger partial charge in [0.1, 0.15) is 5.75 Å². The van der Waals surface area contributed by atoms with Gasteiger partial charge >= 0.3 is 0 Å². The molecule has 0 aliphatic carbocycles. The van der Waals surface area contributed by atoms with E-state index in [0.29, 0.717) is 26.1 Å². The van der Waals surface area contributed by atoms with E-state index in [2.05, 4.69) is 10.2 Å². The van der Waals surface area contributed by atoms with E-state index in [1.54, 1.807) is 25.3 Å². The lowest BCUT2D eigenvalue weighted by atomic mass is 10.2. The van der Waals surface area contributed by atoms with Crippen LogP contribution in [-0.4, -0.2) is 17.3 Å². The van der Waals surface area contributed by atoms with Crippen molar-refractivity contribution >= 4 is 34.2 Å². The number of hydrogen-bond acceptors (Lipinski definition) is 4. The van der Waals surface area contributed by atoms with Crippen molar-refractivity contribution in [2.24, 2.45) is 0 Å². The second-order valence-corrected chi connectivity index (χ2v) is 4.06. The molecule has 0 saturated heterocycles. The zero-order valence-corrected chi connectivity index (χ0v) is 10.6. The molecule has 4 nitrogen and oxygen atoms in total. The Morgan fingerprint density at radius 3 is 2.80 bits per heavy atom. The molecule has 1 aromatic carbocycles. The summed E-state index contributed by atoms with van der Waals surface area (Å²) in [5.41, 5.74) is 0.695. The van der Waals surface area contributed by atoms with E-state index < -0.39 is 0 Å². The number of rotatable bonds is 2. The topological polar surface area (TPSA) is 48.2 Å². The van der Waals surface area contributed by atoms with Crippen LogP contribution in [-0.2, 0) is 0 Å². The number of halogens is 2. The van der Waals surface area contributed by atoms with Crippen LogP contribution < -0.4 is 4.74 Å². The van der Waals surface area contributed by atoms with E-state index >= 15 is 0 Å². The predicted molar refractivity (Wildman–Crippen MR) is 64.0 cm³/mol. The first-order chi connectivity index (χ1) is 7.20. The summed E-state index contributed by atoms with van der Waals surface area (Å²) in [6, 6.07) is 5.23. The van der Waals surface area contributed by atoms with Gasteiger partial charge in [-0.3, -0.25) is 0 Å². The number of aromatic nitrogens is 2. The third kappa shape index (κ3) is 2.23. The van der Waals surface area contributed by atoms with Crippen LogP contribution in [0.4, 0.5) is 0 Å². The highest BCUT2D eigenvalue weighted by Crippen LogP contribution is 2.31. The average molecular weight is 337 g/mol. The van der Waals surface area contributed by atoms with Gasteiger partial charge in [0.15, 0.2) is 0 Å². The van der Waals surface area contributed by atoms with Gasteiger partial charge in [-0.25, -0.2) is 0 Å². The molecule has 15 heavy (non-hydrogen) atoms. The van der Waals surface area contributed by atoms with Crippen LogP contribution in [0.3, 0.4) is 0 Å². The highest BCUT2D eigenvalue weighted by molar-refractivity contribution is 14.1. The summed E-state index contributed by atoms with van der Waals surface area (Å²) >= 11 is 7.83. The fraction of sp³-hybridized carbons (Fsp3) is 0.111. The van der Waals surface area contributed by atoms with Gasteiger partial charge in [0, 0.05) is 27.6 Å². The smallest absolute Gasteiger partial charge is 0.278 e. The Morgan fingerprint density at radius 1 is 1.40 bits per heavy atom. The molecule has 1 aromatic heterocycles. The van der Waals surface area contributed by atoms with E-state index in [9.17, 15) is 0 Å². The second-order valence-electron chi connectivity index (χ2n) is 2.70. The first-order valence-electron chi connectivity index (χ1n) is 4.03. The Hall–Kier alpha value is -0.820.